The van der Waals surface area contributed by atoms with Crippen LogP contribution in [0.2, 0.25) is 0 Å². The van der Waals surface area contributed by atoms with Gasteiger partial charge in [0, 0.05) is 18.5 Å². The highest BCUT2D eigenvalue weighted by Crippen LogP contribution is 2.20. The second-order valence-corrected chi connectivity index (χ2v) is 5.25. The molecule has 19 heavy (non-hydrogen) atoms. The Morgan fingerprint density at radius 1 is 1.37 bits per heavy atom. The Hall–Kier alpha value is -1.55. The molecule has 1 aromatic carbocycles. The van der Waals surface area contributed by atoms with Crippen molar-refractivity contribution >= 4 is 11.0 Å². The van der Waals surface area contributed by atoms with E-state index in [1.807, 2.05) is 18.2 Å². The number of H-pyrrole nitrogens is 1. The number of nitrogens with zero attached hydrogens (tertiary/aromatic N) is 1. The first kappa shape index (κ1) is 12.5. The molecule has 0 bridgehead atoms. The molecular weight excluding hydrogens is 238 g/mol. The normalized spacial score (nSPS) is 19.7. The van der Waals surface area contributed by atoms with E-state index in [1.54, 1.807) is 7.11 Å². The molecule has 1 atom stereocenters. The average molecular weight is 259 g/mol. The van der Waals surface area contributed by atoms with Gasteiger partial charge in [0.05, 0.1) is 18.1 Å². The number of aromatic amines is 1. The van der Waals surface area contributed by atoms with Gasteiger partial charge < -0.3 is 15.0 Å². The van der Waals surface area contributed by atoms with E-state index >= 15 is 0 Å². The number of aryl methyl sites for hydroxylation is 1. The van der Waals surface area contributed by atoms with Crippen LogP contribution in [0.1, 0.15) is 31.5 Å². The van der Waals surface area contributed by atoms with Gasteiger partial charge in [-0.2, -0.15) is 0 Å². The number of aromatic nitrogens is 2. The molecule has 3 rings (SSSR count). The van der Waals surface area contributed by atoms with Crippen LogP contribution in [-0.2, 0) is 6.42 Å². The van der Waals surface area contributed by atoms with Crippen molar-refractivity contribution in [2.75, 3.05) is 13.7 Å². The van der Waals surface area contributed by atoms with E-state index in [9.17, 15) is 0 Å². The SMILES string of the molecule is COc1ccc2nc(CCC3CCCCN3)[nH]c2c1. The zero-order valence-electron chi connectivity index (χ0n) is 11.4. The van der Waals surface area contributed by atoms with E-state index in [1.165, 1.54) is 25.8 Å². The zero-order valence-corrected chi connectivity index (χ0v) is 11.4. The summed E-state index contributed by atoms with van der Waals surface area (Å²) < 4.78 is 5.23. The smallest absolute Gasteiger partial charge is 0.121 e. The molecule has 102 valence electrons. The van der Waals surface area contributed by atoms with Gasteiger partial charge in [-0.3, -0.25) is 0 Å². The van der Waals surface area contributed by atoms with E-state index in [4.69, 9.17) is 4.74 Å². The Morgan fingerprint density at radius 3 is 3.11 bits per heavy atom. The van der Waals surface area contributed by atoms with E-state index in [0.29, 0.717) is 6.04 Å². The van der Waals surface area contributed by atoms with E-state index in [0.717, 1.165) is 35.4 Å². The third kappa shape index (κ3) is 2.89. The molecule has 0 radical (unpaired) electrons. The summed E-state index contributed by atoms with van der Waals surface area (Å²) in [4.78, 5) is 8.02. The van der Waals surface area contributed by atoms with Crippen LogP contribution in [0.15, 0.2) is 18.2 Å². The van der Waals surface area contributed by atoms with E-state index < -0.39 is 0 Å². The number of hydrogen-bond acceptors (Lipinski definition) is 3. The van der Waals surface area contributed by atoms with E-state index in [2.05, 4.69) is 15.3 Å². The first-order valence-corrected chi connectivity index (χ1v) is 7.11. The molecule has 1 saturated heterocycles. The number of fused-ring (bicyclic) bond motifs is 1. The molecule has 2 N–H and O–H groups in total. The van der Waals surface area contributed by atoms with Crippen LogP contribution in [0.4, 0.5) is 0 Å². The molecule has 0 amide bonds. The maximum Gasteiger partial charge on any atom is 0.121 e. The molecule has 4 heteroatoms. The fraction of sp³-hybridized carbons (Fsp3) is 0.533. The van der Waals surface area contributed by atoms with Gasteiger partial charge in [0.15, 0.2) is 0 Å². The maximum absolute atomic E-state index is 5.23. The number of imidazole rings is 1. The quantitative estimate of drug-likeness (QED) is 0.887. The molecule has 4 nitrogen and oxygen atoms in total. The van der Waals surface area contributed by atoms with Gasteiger partial charge in [-0.25, -0.2) is 4.98 Å². The molecule has 1 aliphatic heterocycles. The molecule has 1 fully saturated rings. The van der Waals surface area contributed by atoms with Gasteiger partial charge in [0.1, 0.15) is 11.6 Å². The molecule has 0 spiro atoms. The van der Waals surface area contributed by atoms with Crippen molar-refractivity contribution in [1.29, 1.82) is 0 Å². The third-order valence-corrected chi connectivity index (χ3v) is 3.88. The summed E-state index contributed by atoms with van der Waals surface area (Å²) >= 11 is 0. The fourth-order valence-corrected chi connectivity index (χ4v) is 2.77. The number of ether oxygens (including phenoxy) is 1. The predicted molar refractivity (Wildman–Crippen MR) is 76.6 cm³/mol. The lowest BCUT2D eigenvalue weighted by Gasteiger charge is -2.22. The highest BCUT2D eigenvalue weighted by molar-refractivity contribution is 5.76. The second-order valence-electron chi connectivity index (χ2n) is 5.25. The summed E-state index contributed by atoms with van der Waals surface area (Å²) in [6.45, 7) is 1.17. The Labute approximate surface area is 113 Å². The number of methoxy groups -OCH3 is 1. The molecule has 2 heterocycles. The van der Waals surface area contributed by atoms with Crippen molar-refractivity contribution in [3.63, 3.8) is 0 Å². The van der Waals surface area contributed by atoms with Gasteiger partial charge in [0.2, 0.25) is 0 Å². The molecule has 1 aromatic heterocycles. The first-order chi connectivity index (χ1) is 9.35. The number of benzene rings is 1. The predicted octanol–water partition coefficient (Wildman–Crippen LogP) is 2.65. The van der Waals surface area contributed by atoms with Crippen molar-refractivity contribution in [2.24, 2.45) is 0 Å². The van der Waals surface area contributed by atoms with Crippen LogP contribution >= 0.6 is 0 Å². The summed E-state index contributed by atoms with van der Waals surface area (Å²) in [5.41, 5.74) is 2.08. The first-order valence-electron chi connectivity index (χ1n) is 7.11. The van der Waals surface area contributed by atoms with Gasteiger partial charge in [0.25, 0.3) is 0 Å². The Bertz CT molecular complexity index is 543. The molecule has 1 aliphatic rings. The van der Waals surface area contributed by atoms with Gasteiger partial charge in [-0.15, -0.1) is 0 Å². The summed E-state index contributed by atoms with van der Waals surface area (Å²) in [5, 5.41) is 3.58. The van der Waals surface area contributed by atoms with Crippen molar-refractivity contribution < 1.29 is 4.74 Å². The lowest BCUT2D eigenvalue weighted by molar-refractivity contribution is 0.381. The Morgan fingerprint density at radius 2 is 2.32 bits per heavy atom. The molecule has 2 aromatic rings. The van der Waals surface area contributed by atoms with Crippen LogP contribution in [0.25, 0.3) is 11.0 Å². The van der Waals surface area contributed by atoms with Crippen LogP contribution in [-0.4, -0.2) is 29.7 Å². The van der Waals surface area contributed by atoms with Gasteiger partial charge >= 0.3 is 0 Å². The molecule has 1 unspecified atom stereocenters. The van der Waals surface area contributed by atoms with Crippen LogP contribution in [0.5, 0.6) is 5.75 Å². The Balaban J connectivity index is 1.67. The van der Waals surface area contributed by atoms with Crippen LogP contribution in [0.3, 0.4) is 0 Å². The summed E-state index contributed by atoms with van der Waals surface area (Å²) in [6, 6.07) is 6.63. The number of rotatable bonds is 4. The molecular formula is C15H21N3O. The van der Waals surface area contributed by atoms with Crippen molar-refractivity contribution in [3.8, 4) is 5.75 Å². The summed E-state index contributed by atoms with van der Waals surface area (Å²) in [5.74, 6) is 1.95. The number of piperidine rings is 1. The highest BCUT2D eigenvalue weighted by atomic mass is 16.5. The highest BCUT2D eigenvalue weighted by Gasteiger charge is 2.13. The monoisotopic (exact) mass is 259 g/mol. The van der Waals surface area contributed by atoms with E-state index in [-0.39, 0.29) is 0 Å². The van der Waals surface area contributed by atoms with Crippen LogP contribution in [0, 0.1) is 0 Å². The zero-order chi connectivity index (χ0) is 13.1. The minimum Gasteiger partial charge on any atom is -0.497 e. The van der Waals surface area contributed by atoms with Crippen molar-refractivity contribution in [2.45, 2.75) is 38.1 Å². The second kappa shape index (κ2) is 5.61. The van der Waals surface area contributed by atoms with Crippen LogP contribution < -0.4 is 10.1 Å². The summed E-state index contributed by atoms with van der Waals surface area (Å²) in [6.07, 6.45) is 6.15. The fourth-order valence-electron chi connectivity index (χ4n) is 2.77. The van der Waals surface area contributed by atoms with Gasteiger partial charge in [-0.1, -0.05) is 6.42 Å². The molecule has 0 aliphatic carbocycles. The molecule has 0 saturated carbocycles. The number of hydrogen-bond donors (Lipinski definition) is 2. The lowest BCUT2D eigenvalue weighted by atomic mass is 10.0. The third-order valence-electron chi connectivity index (χ3n) is 3.88. The van der Waals surface area contributed by atoms with Crippen molar-refractivity contribution in [3.05, 3.63) is 24.0 Å². The lowest BCUT2D eigenvalue weighted by Crippen LogP contribution is -2.34. The average Bonchev–Trinajstić information content (AvgIpc) is 2.88. The van der Waals surface area contributed by atoms with Crippen molar-refractivity contribution in [1.82, 2.24) is 15.3 Å². The Kier molecular flexibility index (Phi) is 3.69. The summed E-state index contributed by atoms with van der Waals surface area (Å²) in [7, 11) is 1.69. The minimum atomic E-state index is 0.663. The standard InChI is InChI=1S/C15H21N3O/c1-19-12-6-7-13-14(10-12)18-15(17-13)8-5-11-4-2-3-9-16-11/h6-7,10-11,16H,2-5,8-9H2,1H3,(H,17,18). The maximum atomic E-state index is 5.23. The largest absolute Gasteiger partial charge is 0.497 e. The number of nitrogens with one attached hydrogen (secondary N) is 2. The minimum absolute atomic E-state index is 0.663. The topological polar surface area (TPSA) is 49.9 Å². The van der Waals surface area contributed by atoms with Gasteiger partial charge in [-0.05, 0) is 37.9 Å².